The van der Waals surface area contributed by atoms with Gasteiger partial charge in [-0.15, -0.1) is 0 Å². The van der Waals surface area contributed by atoms with Crippen LogP contribution in [0.5, 0.6) is 0 Å². The van der Waals surface area contributed by atoms with Crippen LogP contribution in [-0.2, 0) is 9.59 Å². The smallest absolute Gasteiger partial charge is 0.308 e. The van der Waals surface area contributed by atoms with Gasteiger partial charge in [-0.2, -0.15) is 0 Å². The van der Waals surface area contributed by atoms with Crippen molar-refractivity contribution in [3.8, 4) is 0 Å². The number of hydrogen-bond acceptors (Lipinski definition) is 3. The molecule has 0 aromatic heterocycles. The minimum atomic E-state index is -0.767. The highest BCUT2D eigenvalue weighted by atomic mass is 16.4. The van der Waals surface area contributed by atoms with Crippen LogP contribution in [-0.4, -0.2) is 46.6 Å². The van der Waals surface area contributed by atoms with E-state index in [0.29, 0.717) is 13.1 Å². The van der Waals surface area contributed by atoms with Crippen molar-refractivity contribution in [1.29, 1.82) is 0 Å². The third-order valence-electron chi connectivity index (χ3n) is 4.23. The lowest BCUT2D eigenvalue weighted by atomic mass is 9.99. The molecule has 1 aliphatic heterocycles. The van der Waals surface area contributed by atoms with Crippen LogP contribution in [0.15, 0.2) is 0 Å². The van der Waals surface area contributed by atoms with Crippen molar-refractivity contribution in [2.24, 2.45) is 11.8 Å². The van der Waals surface area contributed by atoms with E-state index in [9.17, 15) is 9.59 Å². The average Bonchev–Trinajstić information content (AvgIpc) is 2.69. The Morgan fingerprint density at radius 2 is 2.00 bits per heavy atom. The number of carbonyl (C=O) groups excluding carboxylic acids is 1. The van der Waals surface area contributed by atoms with Crippen molar-refractivity contribution in [2.45, 2.75) is 52.6 Å². The van der Waals surface area contributed by atoms with Gasteiger partial charge in [0.2, 0.25) is 5.91 Å². The molecular weight excluding hydrogens is 244 g/mol. The number of aliphatic carboxylic acids is 1. The first-order valence-electron chi connectivity index (χ1n) is 6.97. The molecule has 1 fully saturated rings. The Labute approximate surface area is 115 Å². The molecule has 5 nitrogen and oxygen atoms in total. The van der Waals surface area contributed by atoms with Crippen LogP contribution in [0.3, 0.4) is 0 Å². The largest absolute Gasteiger partial charge is 0.481 e. The molecule has 2 N–H and O–H groups in total. The Morgan fingerprint density at radius 3 is 2.42 bits per heavy atom. The van der Waals surface area contributed by atoms with E-state index < -0.39 is 5.97 Å². The number of nitrogens with zero attached hydrogens (tertiary/aromatic N) is 1. The minimum absolute atomic E-state index is 0.0231. The summed E-state index contributed by atoms with van der Waals surface area (Å²) in [6.07, 6.45) is 0.861. The maximum atomic E-state index is 12.2. The Morgan fingerprint density at radius 1 is 1.42 bits per heavy atom. The van der Waals surface area contributed by atoms with E-state index in [1.807, 2.05) is 39.5 Å². The van der Waals surface area contributed by atoms with Crippen molar-refractivity contribution in [2.75, 3.05) is 13.1 Å². The molecule has 1 rings (SSSR count). The summed E-state index contributed by atoms with van der Waals surface area (Å²) in [6.45, 7) is 10.9. The van der Waals surface area contributed by atoms with Crippen molar-refractivity contribution in [3.63, 3.8) is 0 Å². The molecule has 1 heterocycles. The van der Waals surface area contributed by atoms with Crippen LogP contribution in [0.4, 0.5) is 0 Å². The zero-order valence-electron chi connectivity index (χ0n) is 12.6. The van der Waals surface area contributed by atoms with Crippen molar-refractivity contribution in [3.05, 3.63) is 0 Å². The summed E-state index contributed by atoms with van der Waals surface area (Å²) in [5.41, 5.74) is -0.219. The number of amides is 1. The van der Waals surface area contributed by atoms with E-state index in [1.54, 1.807) is 0 Å². The molecule has 0 radical (unpaired) electrons. The third-order valence-corrected chi connectivity index (χ3v) is 4.23. The first-order chi connectivity index (χ1) is 8.68. The predicted octanol–water partition coefficient (Wildman–Crippen LogP) is 1.33. The second kappa shape index (κ2) is 5.90. The van der Waals surface area contributed by atoms with Gasteiger partial charge in [-0.1, -0.05) is 13.8 Å². The van der Waals surface area contributed by atoms with E-state index in [2.05, 4.69) is 5.32 Å². The summed E-state index contributed by atoms with van der Waals surface area (Å²) in [5.74, 6) is -1.07. The van der Waals surface area contributed by atoms with Gasteiger partial charge in [0.1, 0.15) is 0 Å². The molecule has 1 aliphatic rings. The fourth-order valence-corrected chi connectivity index (χ4v) is 2.33. The van der Waals surface area contributed by atoms with Crippen LogP contribution < -0.4 is 5.32 Å². The monoisotopic (exact) mass is 270 g/mol. The van der Waals surface area contributed by atoms with E-state index in [1.165, 1.54) is 0 Å². The Bertz CT molecular complexity index is 355. The fraction of sp³-hybridized carbons (Fsp3) is 0.857. The number of rotatable bonds is 5. The number of nitrogens with one attached hydrogen (secondary N) is 1. The van der Waals surface area contributed by atoms with Gasteiger partial charge >= 0.3 is 5.97 Å². The average molecular weight is 270 g/mol. The normalized spacial score (nSPS) is 26.2. The third kappa shape index (κ3) is 3.93. The fourth-order valence-electron chi connectivity index (χ4n) is 2.33. The van der Waals surface area contributed by atoms with Gasteiger partial charge in [0.25, 0.3) is 0 Å². The Hall–Kier alpha value is -1.10. The topological polar surface area (TPSA) is 69.6 Å². The molecule has 19 heavy (non-hydrogen) atoms. The van der Waals surface area contributed by atoms with E-state index in [-0.39, 0.29) is 29.3 Å². The Balaban J connectivity index is 2.62. The highest BCUT2D eigenvalue weighted by molar-refractivity contribution is 5.82. The molecule has 1 saturated heterocycles. The zero-order valence-corrected chi connectivity index (χ0v) is 12.6. The number of carboxylic acids is 1. The van der Waals surface area contributed by atoms with Gasteiger partial charge < -0.3 is 10.4 Å². The van der Waals surface area contributed by atoms with Crippen molar-refractivity contribution < 1.29 is 14.7 Å². The highest BCUT2D eigenvalue weighted by Gasteiger charge is 2.38. The molecule has 0 saturated carbocycles. The maximum Gasteiger partial charge on any atom is 0.308 e. The van der Waals surface area contributed by atoms with Gasteiger partial charge in [0.15, 0.2) is 0 Å². The van der Waals surface area contributed by atoms with Gasteiger partial charge in [-0.25, -0.2) is 0 Å². The van der Waals surface area contributed by atoms with Gasteiger partial charge in [0.05, 0.1) is 12.0 Å². The summed E-state index contributed by atoms with van der Waals surface area (Å²) >= 11 is 0. The second-order valence-electron chi connectivity index (χ2n) is 6.28. The van der Waals surface area contributed by atoms with E-state index >= 15 is 0 Å². The maximum absolute atomic E-state index is 12.2. The van der Waals surface area contributed by atoms with Gasteiger partial charge in [-0.3, -0.25) is 14.5 Å². The molecule has 5 heteroatoms. The van der Waals surface area contributed by atoms with Crippen LogP contribution in [0.25, 0.3) is 0 Å². The summed E-state index contributed by atoms with van der Waals surface area (Å²) in [5, 5.41) is 12.1. The molecule has 3 unspecified atom stereocenters. The molecule has 0 aliphatic carbocycles. The first-order valence-corrected chi connectivity index (χ1v) is 6.97. The summed E-state index contributed by atoms with van der Waals surface area (Å²) in [7, 11) is 0. The number of likely N-dealkylation sites (tertiary alicyclic amines) is 1. The quantitative estimate of drug-likeness (QED) is 0.791. The SMILES string of the molecule is CCC(C)(C)NC(=O)C(C)N1CC(C)C(C(=O)O)C1. The molecule has 0 aromatic carbocycles. The molecular formula is C14H26N2O3. The van der Waals surface area contributed by atoms with Crippen LogP contribution >= 0.6 is 0 Å². The predicted molar refractivity (Wildman–Crippen MR) is 73.8 cm³/mol. The molecule has 3 atom stereocenters. The van der Waals surface area contributed by atoms with Gasteiger partial charge in [-0.05, 0) is 33.1 Å². The lowest BCUT2D eigenvalue weighted by molar-refractivity contribution is -0.142. The molecule has 1 amide bonds. The number of carboxylic acid groups (broad SMARTS) is 1. The lowest BCUT2D eigenvalue weighted by Gasteiger charge is -2.30. The number of carbonyl (C=O) groups is 2. The van der Waals surface area contributed by atoms with E-state index in [4.69, 9.17) is 5.11 Å². The summed E-state index contributed by atoms with van der Waals surface area (Å²) < 4.78 is 0. The van der Waals surface area contributed by atoms with Gasteiger partial charge in [0, 0.05) is 18.6 Å². The second-order valence-corrected chi connectivity index (χ2v) is 6.28. The summed E-state index contributed by atoms with van der Waals surface area (Å²) in [4.78, 5) is 25.2. The van der Waals surface area contributed by atoms with Crippen LogP contribution in [0.2, 0.25) is 0 Å². The molecule has 0 bridgehead atoms. The standard InChI is InChI=1S/C14H26N2O3/c1-6-14(4,5)15-12(17)10(3)16-7-9(2)11(8-16)13(18)19/h9-11H,6-8H2,1-5H3,(H,15,17)(H,18,19). The highest BCUT2D eigenvalue weighted by Crippen LogP contribution is 2.25. The van der Waals surface area contributed by atoms with Crippen LogP contribution in [0.1, 0.15) is 41.0 Å². The van der Waals surface area contributed by atoms with E-state index in [0.717, 1.165) is 6.42 Å². The molecule has 110 valence electrons. The Kier molecular flexibility index (Phi) is 4.96. The number of hydrogen-bond donors (Lipinski definition) is 2. The molecule has 0 spiro atoms. The molecule has 0 aromatic rings. The van der Waals surface area contributed by atoms with Crippen molar-refractivity contribution >= 4 is 11.9 Å². The van der Waals surface area contributed by atoms with Crippen LogP contribution in [0, 0.1) is 11.8 Å². The van der Waals surface area contributed by atoms with Crippen molar-refractivity contribution in [1.82, 2.24) is 10.2 Å². The lowest BCUT2D eigenvalue weighted by Crippen LogP contribution is -2.51. The minimum Gasteiger partial charge on any atom is -0.481 e. The summed E-state index contributed by atoms with van der Waals surface area (Å²) in [6, 6.07) is -0.280. The zero-order chi connectivity index (χ0) is 14.8. The first kappa shape index (κ1) is 16.0.